The Kier molecular flexibility index (Phi) is 7.88. The molecule has 0 radical (unpaired) electrons. The molecule has 2 N–H and O–H groups in total. The summed E-state index contributed by atoms with van der Waals surface area (Å²) in [5, 5.41) is 11.4. The molecule has 1 fully saturated rings. The fourth-order valence-corrected chi connectivity index (χ4v) is 4.94. The second-order valence-electron chi connectivity index (χ2n) is 6.43. The van der Waals surface area contributed by atoms with Gasteiger partial charge in [0.15, 0.2) is 11.5 Å². The van der Waals surface area contributed by atoms with E-state index in [-0.39, 0.29) is 30.6 Å². The average Bonchev–Trinajstić information content (AvgIpc) is 2.70. The summed E-state index contributed by atoms with van der Waals surface area (Å²) in [6.07, 6.45) is 4.37. The first-order valence-corrected chi connectivity index (χ1v) is 10.5. The minimum atomic E-state index is -3.90. The van der Waals surface area contributed by atoms with Gasteiger partial charge in [0, 0.05) is 18.7 Å². The molecule has 2 rings (SSSR count). The Morgan fingerprint density at radius 2 is 1.85 bits per heavy atom. The lowest BCUT2D eigenvalue weighted by Gasteiger charge is -2.33. The normalized spacial score (nSPS) is 15.6. The highest BCUT2D eigenvalue weighted by Gasteiger charge is 2.34. The topological polar surface area (TPSA) is 105 Å². The van der Waals surface area contributed by atoms with Gasteiger partial charge in [-0.15, -0.1) is 0 Å². The van der Waals surface area contributed by atoms with Crippen molar-refractivity contribution in [3.05, 3.63) is 18.2 Å². The van der Waals surface area contributed by atoms with Crippen LogP contribution in [0, 0.1) is 0 Å². The number of hydrogen-bond donors (Lipinski definition) is 2. The zero-order valence-corrected chi connectivity index (χ0v) is 16.6. The number of carbonyl (C=O) groups excluding carboxylic acids is 1. The second-order valence-corrected chi connectivity index (χ2v) is 8.32. The molecule has 0 aliphatic heterocycles. The molecule has 1 aliphatic rings. The molecule has 0 bridgehead atoms. The minimum Gasteiger partial charge on any atom is -0.493 e. The SMILES string of the molecule is COc1ccc(S(=O)(=O)N(CC(=O)NCCO)C2CCCCC2)cc1OC. The number of rotatable bonds is 9. The number of benzene rings is 1. The van der Waals surface area contributed by atoms with Crippen LogP contribution in [0.5, 0.6) is 11.5 Å². The van der Waals surface area contributed by atoms with Crippen molar-refractivity contribution in [1.29, 1.82) is 0 Å². The largest absolute Gasteiger partial charge is 0.493 e. The molecule has 1 aliphatic carbocycles. The van der Waals surface area contributed by atoms with E-state index in [0.717, 1.165) is 32.1 Å². The van der Waals surface area contributed by atoms with E-state index < -0.39 is 15.9 Å². The monoisotopic (exact) mass is 400 g/mol. The van der Waals surface area contributed by atoms with Gasteiger partial charge < -0.3 is 19.9 Å². The fraction of sp³-hybridized carbons (Fsp3) is 0.611. The molecule has 0 unspecified atom stereocenters. The predicted molar refractivity (Wildman–Crippen MR) is 100 cm³/mol. The smallest absolute Gasteiger partial charge is 0.243 e. The maximum absolute atomic E-state index is 13.3. The Labute approximate surface area is 160 Å². The molecule has 0 spiro atoms. The third-order valence-electron chi connectivity index (χ3n) is 4.68. The third-order valence-corrected chi connectivity index (χ3v) is 6.57. The van der Waals surface area contributed by atoms with Gasteiger partial charge in [0.05, 0.1) is 32.3 Å². The van der Waals surface area contributed by atoms with Crippen LogP contribution in [-0.4, -0.2) is 63.7 Å². The highest BCUT2D eigenvalue weighted by molar-refractivity contribution is 7.89. The van der Waals surface area contributed by atoms with Gasteiger partial charge in [-0.05, 0) is 25.0 Å². The molecule has 1 aromatic rings. The van der Waals surface area contributed by atoms with E-state index in [1.54, 1.807) is 0 Å². The molecular weight excluding hydrogens is 372 g/mol. The molecule has 8 nitrogen and oxygen atoms in total. The van der Waals surface area contributed by atoms with Gasteiger partial charge in [-0.25, -0.2) is 8.42 Å². The molecule has 1 aromatic carbocycles. The van der Waals surface area contributed by atoms with E-state index in [0.29, 0.717) is 11.5 Å². The number of aliphatic hydroxyl groups is 1. The van der Waals surface area contributed by atoms with E-state index in [2.05, 4.69) is 5.32 Å². The molecule has 9 heteroatoms. The van der Waals surface area contributed by atoms with Crippen molar-refractivity contribution >= 4 is 15.9 Å². The number of carbonyl (C=O) groups is 1. The van der Waals surface area contributed by atoms with Crippen molar-refractivity contribution in [2.75, 3.05) is 33.9 Å². The third kappa shape index (κ3) is 5.33. The molecule has 152 valence electrons. The minimum absolute atomic E-state index is 0.0562. The second kappa shape index (κ2) is 9.91. The molecular formula is C18H28N2O6S. The van der Waals surface area contributed by atoms with Crippen molar-refractivity contribution in [3.8, 4) is 11.5 Å². The van der Waals surface area contributed by atoms with Gasteiger partial charge in [0.1, 0.15) is 0 Å². The molecule has 0 saturated heterocycles. The van der Waals surface area contributed by atoms with Crippen LogP contribution in [0.25, 0.3) is 0 Å². The van der Waals surface area contributed by atoms with Crippen molar-refractivity contribution in [3.63, 3.8) is 0 Å². The van der Waals surface area contributed by atoms with Crippen molar-refractivity contribution < 1.29 is 27.8 Å². The first kappa shape index (κ1) is 21.5. The van der Waals surface area contributed by atoms with E-state index in [4.69, 9.17) is 14.6 Å². The highest BCUT2D eigenvalue weighted by atomic mass is 32.2. The number of nitrogens with one attached hydrogen (secondary N) is 1. The Hall–Kier alpha value is -1.84. The van der Waals surface area contributed by atoms with Gasteiger partial charge in [0.2, 0.25) is 15.9 Å². The summed E-state index contributed by atoms with van der Waals surface area (Å²) >= 11 is 0. The maximum atomic E-state index is 13.3. The predicted octanol–water partition coefficient (Wildman–Crippen LogP) is 1.14. The Morgan fingerprint density at radius 1 is 1.19 bits per heavy atom. The Balaban J connectivity index is 2.35. The summed E-state index contributed by atoms with van der Waals surface area (Å²) in [4.78, 5) is 12.2. The lowest BCUT2D eigenvalue weighted by atomic mass is 9.95. The van der Waals surface area contributed by atoms with E-state index in [1.807, 2.05) is 0 Å². The quantitative estimate of drug-likeness (QED) is 0.644. The Morgan fingerprint density at radius 3 is 2.44 bits per heavy atom. The lowest BCUT2D eigenvalue weighted by Crippen LogP contribution is -2.47. The number of aliphatic hydroxyl groups excluding tert-OH is 1. The first-order valence-electron chi connectivity index (χ1n) is 9.05. The molecule has 1 amide bonds. The van der Waals surface area contributed by atoms with Crippen molar-refractivity contribution in [2.45, 2.75) is 43.0 Å². The molecule has 0 atom stereocenters. The zero-order valence-electron chi connectivity index (χ0n) is 15.8. The standard InChI is InChI=1S/C18H28N2O6S/c1-25-16-9-8-15(12-17(16)26-2)27(23,24)20(13-18(22)19-10-11-21)14-6-4-3-5-7-14/h8-9,12,14,21H,3-7,10-11,13H2,1-2H3,(H,19,22). The summed E-state index contributed by atoms with van der Waals surface area (Å²) in [6.45, 7) is -0.382. The number of ether oxygens (including phenoxy) is 2. The van der Waals surface area contributed by atoms with Crippen LogP contribution in [0.2, 0.25) is 0 Å². The van der Waals surface area contributed by atoms with Crippen LogP contribution >= 0.6 is 0 Å². The average molecular weight is 400 g/mol. The van der Waals surface area contributed by atoms with Crippen LogP contribution < -0.4 is 14.8 Å². The summed E-state index contributed by atoms with van der Waals surface area (Å²) in [7, 11) is -0.986. The maximum Gasteiger partial charge on any atom is 0.243 e. The van der Waals surface area contributed by atoms with Crippen LogP contribution in [0.4, 0.5) is 0 Å². The van der Waals surface area contributed by atoms with Gasteiger partial charge in [-0.2, -0.15) is 4.31 Å². The molecule has 1 saturated carbocycles. The van der Waals surface area contributed by atoms with Crippen LogP contribution in [-0.2, 0) is 14.8 Å². The molecule has 0 heterocycles. The fourth-order valence-electron chi connectivity index (χ4n) is 3.28. The van der Waals surface area contributed by atoms with Crippen LogP contribution in [0.15, 0.2) is 23.1 Å². The van der Waals surface area contributed by atoms with Gasteiger partial charge in [0.25, 0.3) is 0 Å². The van der Waals surface area contributed by atoms with E-state index >= 15 is 0 Å². The van der Waals surface area contributed by atoms with Crippen molar-refractivity contribution in [2.24, 2.45) is 0 Å². The summed E-state index contributed by atoms with van der Waals surface area (Å²) in [6, 6.07) is 4.18. The molecule has 27 heavy (non-hydrogen) atoms. The summed E-state index contributed by atoms with van der Waals surface area (Å²) in [5.41, 5.74) is 0. The number of amides is 1. The summed E-state index contributed by atoms with van der Waals surface area (Å²) < 4.78 is 38.3. The zero-order chi connectivity index (χ0) is 19.9. The van der Waals surface area contributed by atoms with Crippen LogP contribution in [0.1, 0.15) is 32.1 Å². The highest BCUT2D eigenvalue weighted by Crippen LogP contribution is 2.33. The van der Waals surface area contributed by atoms with E-state index in [9.17, 15) is 13.2 Å². The van der Waals surface area contributed by atoms with Gasteiger partial charge in [-0.3, -0.25) is 4.79 Å². The number of hydrogen-bond acceptors (Lipinski definition) is 6. The van der Waals surface area contributed by atoms with Crippen molar-refractivity contribution in [1.82, 2.24) is 9.62 Å². The first-order chi connectivity index (χ1) is 12.9. The van der Waals surface area contributed by atoms with Gasteiger partial charge >= 0.3 is 0 Å². The summed E-state index contributed by atoms with van der Waals surface area (Å²) in [5.74, 6) is 0.312. The Bertz CT molecular complexity index is 731. The van der Waals surface area contributed by atoms with E-state index in [1.165, 1.54) is 36.7 Å². The number of sulfonamides is 1. The van der Waals surface area contributed by atoms with Crippen LogP contribution in [0.3, 0.4) is 0 Å². The number of methoxy groups -OCH3 is 2. The lowest BCUT2D eigenvalue weighted by molar-refractivity contribution is -0.121. The van der Waals surface area contributed by atoms with Gasteiger partial charge in [-0.1, -0.05) is 19.3 Å². The number of nitrogens with zero attached hydrogens (tertiary/aromatic N) is 1. The molecule has 0 aromatic heterocycles.